The number of benzene rings is 3. The van der Waals surface area contributed by atoms with Gasteiger partial charge < -0.3 is 20.1 Å². The van der Waals surface area contributed by atoms with Crippen molar-refractivity contribution in [2.75, 3.05) is 30.6 Å². The average molecular weight is 465 g/mol. The summed E-state index contributed by atoms with van der Waals surface area (Å²) in [6, 6.07) is 18.4. The Morgan fingerprint density at radius 1 is 0.909 bits per heavy atom. The minimum Gasteiger partial charge on any atom is -0.493 e. The highest BCUT2D eigenvalue weighted by molar-refractivity contribution is 8.00. The average Bonchev–Trinajstić information content (AvgIpc) is 2.83. The Morgan fingerprint density at radius 2 is 1.67 bits per heavy atom. The number of hydrogen-bond donors (Lipinski definition) is 2. The highest BCUT2D eigenvalue weighted by Gasteiger charge is 2.12. The van der Waals surface area contributed by atoms with Crippen LogP contribution in [-0.4, -0.2) is 31.8 Å². The zero-order valence-corrected chi connectivity index (χ0v) is 20.0. The lowest BCUT2D eigenvalue weighted by atomic mass is 10.1. The van der Waals surface area contributed by atoms with E-state index in [1.54, 1.807) is 25.3 Å². The van der Waals surface area contributed by atoms with Crippen molar-refractivity contribution in [1.29, 1.82) is 0 Å². The van der Waals surface area contributed by atoms with Crippen molar-refractivity contribution in [2.24, 2.45) is 0 Å². The Morgan fingerprint density at radius 3 is 2.39 bits per heavy atom. The van der Waals surface area contributed by atoms with Crippen molar-refractivity contribution in [2.45, 2.75) is 25.2 Å². The van der Waals surface area contributed by atoms with Gasteiger partial charge in [0.1, 0.15) is 0 Å². The molecule has 2 N–H and O–H groups in total. The molecule has 0 fully saturated rings. The van der Waals surface area contributed by atoms with Gasteiger partial charge in [-0.15, -0.1) is 11.8 Å². The fourth-order valence-electron chi connectivity index (χ4n) is 3.37. The first-order valence-corrected chi connectivity index (χ1v) is 11.6. The summed E-state index contributed by atoms with van der Waals surface area (Å²) in [4.78, 5) is 26.1. The normalized spacial score (nSPS) is 10.4. The molecule has 0 aliphatic rings. The van der Waals surface area contributed by atoms with Crippen LogP contribution in [0.15, 0.2) is 65.6 Å². The van der Waals surface area contributed by atoms with Gasteiger partial charge in [-0.3, -0.25) is 9.59 Å². The van der Waals surface area contributed by atoms with Crippen molar-refractivity contribution in [3.8, 4) is 11.5 Å². The van der Waals surface area contributed by atoms with Gasteiger partial charge in [-0.25, -0.2) is 0 Å². The molecule has 0 radical (unpaired) electrons. The van der Waals surface area contributed by atoms with Gasteiger partial charge in [0.2, 0.25) is 5.91 Å². The Kier molecular flexibility index (Phi) is 8.38. The van der Waals surface area contributed by atoms with Gasteiger partial charge in [0.25, 0.3) is 5.91 Å². The fraction of sp³-hybridized carbons (Fsp3) is 0.231. The van der Waals surface area contributed by atoms with Crippen LogP contribution in [0.3, 0.4) is 0 Å². The van der Waals surface area contributed by atoms with E-state index < -0.39 is 0 Å². The molecule has 7 heteroatoms. The molecule has 3 aromatic rings. The maximum absolute atomic E-state index is 12.7. The summed E-state index contributed by atoms with van der Waals surface area (Å²) < 4.78 is 10.5. The van der Waals surface area contributed by atoms with Gasteiger partial charge in [0, 0.05) is 21.8 Å². The standard InChI is InChI=1S/C26H28N2O4S/c1-5-18-9-6-8-17(2)25(18)28-24(29)16-33-21-11-7-10-20(15-21)27-26(30)19-12-13-22(31-3)23(14-19)32-4/h6-15H,5,16H2,1-4H3,(H,27,30)(H,28,29). The second-order valence-electron chi connectivity index (χ2n) is 7.35. The first-order valence-electron chi connectivity index (χ1n) is 10.6. The van der Waals surface area contributed by atoms with E-state index in [1.807, 2.05) is 49.4 Å². The second kappa shape index (κ2) is 11.4. The summed E-state index contributed by atoms with van der Waals surface area (Å²) in [6.07, 6.45) is 0.853. The molecule has 2 amide bonds. The molecule has 0 bridgehead atoms. The Hall–Kier alpha value is -3.45. The molecule has 0 saturated carbocycles. The SMILES string of the molecule is CCc1cccc(C)c1NC(=O)CSc1cccc(NC(=O)c2ccc(OC)c(OC)c2)c1. The van der Waals surface area contributed by atoms with Gasteiger partial charge in [-0.05, 0) is 60.9 Å². The van der Waals surface area contributed by atoms with E-state index >= 15 is 0 Å². The highest BCUT2D eigenvalue weighted by Crippen LogP contribution is 2.28. The Labute approximate surface area is 198 Å². The summed E-state index contributed by atoms with van der Waals surface area (Å²) in [5.41, 5.74) is 4.16. The third-order valence-electron chi connectivity index (χ3n) is 5.11. The molecule has 0 aromatic heterocycles. The van der Waals surface area contributed by atoms with Crippen molar-refractivity contribution >= 4 is 35.0 Å². The number of anilines is 2. The summed E-state index contributed by atoms with van der Waals surface area (Å²) in [7, 11) is 3.07. The lowest BCUT2D eigenvalue weighted by Crippen LogP contribution is -2.16. The monoisotopic (exact) mass is 464 g/mol. The van der Waals surface area contributed by atoms with Crippen LogP contribution in [0.4, 0.5) is 11.4 Å². The van der Waals surface area contributed by atoms with Crippen molar-refractivity contribution < 1.29 is 19.1 Å². The quantitative estimate of drug-likeness (QED) is 0.406. The molecule has 0 atom stereocenters. The Balaban J connectivity index is 1.62. The first-order chi connectivity index (χ1) is 15.9. The molecule has 0 heterocycles. The number of para-hydroxylation sites is 1. The number of thioether (sulfide) groups is 1. The van der Waals surface area contributed by atoms with Gasteiger partial charge in [-0.1, -0.05) is 31.2 Å². The maximum atomic E-state index is 12.7. The molecule has 172 valence electrons. The molecular formula is C26H28N2O4S. The highest BCUT2D eigenvalue weighted by atomic mass is 32.2. The lowest BCUT2D eigenvalue weighted by Gasteiger charge is -2.13. The van der Waals surface area contributed by atoms with E-state index in [2.05, 4.69) is 17.6 Å². The molecule has 3 aromatic carbocycles. The van der Waals surface area contributed by atoms with Gasteiger partial charge in [0.05, 0.1) is 20.0 Å². The largest absolute Gasteiger partial charge is 0.493 e. The molecule has 0 aliphatic heterocycles. The van der Waals surface area contributed by atoms with Crippen LogP contribution in [0.1, 0.15) is 28.4 Å². The van der Waals surface area contributed by atoms with Gasteiger partial charge in [0.15, 0.2) is 11.5 Å². The van der Waals surface area contributed by atoms with Crippen LogP contribution in [0.2, 0.25) is 0 Å². The molecule has 0 saturated heterocycles. The smallest absolute Gasteiger partial charge is 0.255 e. The van der Waals surface area contributed by atoms with Crippen LogP contribution in [-0.2, 0) is 11.2 Å². The van der Waals surface area contributed by atoms with E-state index in [1.165, 1.54) is 18.9 Å². The van der Waals surface area contributed by atoms with Crippen LogP contribution < -0.4 is 20.1 Å². The third-order valence-corrected chi connectivity index (χ3v) is 6.11. The van der Waals surface area contributed by atoms with Crippen molar-refractivity contribution in [3.63, 3.8) is 0 Å². The molecule has 6 nitrogen and oxygen atoms in total. The second-order valence-corrected chi connectivity index (χ2v) is 8.40. The number of carbonyl (C=O) groups is 2. The zero-order chi connectivity index (χ0) is 23.8. The number of aryl methyl sites for hydroxylation is 2. The van der Waals surface area contributed by atoms with E-state index in [4.69, 9.17) is 9.47 Å². The topological polar surface area (TPSA) is 76.7 Å². The summed E-state index contributed by atoms with van der Waals surface area (Å²) in [5.74, 6) is 0.985. The number of hydrogen-bond acceptors (Lipinski definition) is 5. The van der Waals surface area contributed by atoms with Crippen molar-refractivity contribution in [3.05, 3.63) is 77.4 Å². The molecule has 0 spiro atoms. The fourth-order valence-corrected chi connectivity index (χ4v) is 4.13. The van der Waals surface area contributed by atoms with Crippen LogP contribution in [0.5, 0.6) is 11.5 Å². The summed E-state index contributed by atoms with van der Waals surface area (Å²) in [5, 5.41) is 5.93. The molecule has 0 aliphatic carbocycles. The van der Waals surface area contributed by atoms with Gasteiger partial charge >= 0.3 is 0 Å². The number of carbonyl (C=O) groups excluding carboxylic acids is 2. The van der Waals surface area contributed by atoms with Crippen LogP contribution in [0.25, 0.3) is 0 Å². The number of ether oxygens (including phenoxy) is 2. The molecular weight excluding hydrogens is 436 g/mol. The van der Waals surface area contributed by atoms with Crippen molar-refractivity contribution in [1.82, 2.24) is 0 Å². The maximum Gasteiger partial charge on any atom is 0.255 e. The predicted molar refractivity (Wildman–Crippen MR) is 134 cm³/mol. The number of rotatable bonds is 9. The number of methoxy groups -OCH3 is 2. The van der Waals surface area contributed by atoms with E-state index in [-0.39, 0.29) is 17.6 Å². The van der Waals surface area contributed by atoms with Crippen LogP contribution in [0, 0.1) is 6.92 Å². The van der Waals surface area contributed by atoms with E-state index in [0.29, 0.717) is 22.7 Å². The van der Waals surface area contributed by atoms with Gasteiger partial charge in [-0.2, -0.15) is 0 Å². The van der Waals surface area contributed by atoms with Crippen LogP contribution >= 0.6 is 11.8 Å². The summed E-state index contributed by atoms with van der Waals surface area (Å²) in [6.45, 7) is 4.06. The lowest BCUT2D eigenvalue weighted by molar-refractivity contribution is -0.113. The molecule has 33 heavy (non-hydrogen) atoms. The molecule has 3 rings (SSSR count). The number of amides is 2. The first kappa shape index (κ1) is 24.2. The summed E-state index contributed by atoms with van der Waals surface area (Å²) >= 11 is 1.42. The third kappa shape index (κ3) is 6.29. The predicted octanol–water partition coefficient (Wildman–Crippen LogP) is 5.56. The Bertz CT molecular complexity index is 1150. The van der Waals surface area contributed by atoms with E-state index in [9.17, 15) is 9.59 Å². The zero-order valence-electron chi connectivity index (χ0n) is 19.2. The molecule has 0 unspecified atom stereocenters. The van der Waals surface area contributed by atoms with E-state index in [0.717, 1.165) is 28.1 Å². The minimum atomic E-state index is -0.262. The minimum absolute atomic E-state index is 0.0660. The number of nitrogens with one attached hydrogen (secondary N) is 2.